The molecule has 1 aliphatic heterocycles. The first-order valence-corrected chi connectivity index (χ1v) is 8.82. The van der Waals surface area contributed by atoms with Crippen LogP contribution in [0.2, 0.25) is 0 Å². The molecule has 1 heterocycles. The standard InChI is InChI=1S/C17H25BrN2O/c1-21-17-5-4-14(10-16(17)18)12-20-8-6-15(7-9-20)19-11-13-2-3-13/h4-5,10,13,15,19H,2-3,6-9,11-12H2,1H3. The van der Waals surface area contributed by atoms with Crippen LogP contribution in [0, 0.1) is 5.92 Å². The molecule has 0 bridgehead atoms. The summed E-state index contributed by atoms with van der Waals surface area (Å²) in [6.07, 6.45) is 5.45. The zero-order chi connectivity index (χ0) is 14.7. The zero-order valence-corrected chi connectivity index (χ0v) is 14.4. The lowest BCUT2D eigenvalue weighted by atomic mass is 10.0. The largest absolute Gasteiger partial charge is 0.496 e. The number of likely N-dealkylation sites (tertiary alicyclic amines) is 1. The maximum atomic E-state index is 5.29. The Hall–Kier alpha value is -0.580. The number of methoxy groups -OCH3 is 1. The van der Waals surface area contributed by atoms with E-state index in [4.69, 9.17) is 4.74 Å². The van der Waals surface area contributed by atoms with Crippen molar-refractivity contribution in [3.8, 4) is 5.75 Å². The van der Waals surface area contributed by atoms with Crippen LogP contribution in [-0.2, 0) is 6.54 Å². The number of rotatable bonds is 6. The molecule has 21 heavy (non-hydrogen) atoms. The first-order chi connectivity index (χ1) is 10.2. The molecule has 4 heteroatoms. The zero-order valence-electron chi connectivity index (χ0n) is 12.8. The van der Waals surface area contributed by atoms with Crippen molar-refractivity contribution >= 4 is 15.9 Å². The second-order valence-corrected chi connectivity index (χ2v) is 7.23. The van der Waals surface area contributed by atoms with Gasteiger partial charge in [-0.15, -0.1) is 0 Å². The maximum Gasteiger partial charge on any atom is 0.133 e. The molecule has 1 aromatic rings. The van der Waals surface area contributed by atoms with Gasteiger partial charge in [0.2, 0.25) is 0 Å². The van der Waals surface area contributed by atoms with E-state index >= 15 is 0 Å². The molecule has 2 aliphatic rings. The fourth-order valence-electron chi connectivity index (χ4n) is 3.02. The highest BCUT2D eigenvalue weighted by Gasteiger charge is 2.24. The molecule has 2 fully saturated rings. The number of nitrogens with zero attached hydrogens (tertiary/aromatic N) is 1. The third kappa shape index (κ3) is 4.44. The van der Waals surface area contributed by atoms with E-state index < -0.39 is 0 Å². The minimum Gasteiger partial charge on any atom is -0.496 e. The van der Waals surface area contributed by atoms with Gasteiger partial charge in [-0.3, -0.25) is 4.90 Å². The summed E-state index contributed by atoms with van der Waals surface area (Å²) < 4.78 is 6.33. The molecule has 0 amide bonds. The van der Waals surface area contributed by atoms with Gasteiger partial charge in [-0.25, -0.2) is 0 Å². The summed E-state index contributed by atoms with van der Waals surface area (Å²) in [5.74, 6) is 1.89. The van der Waals surface area contributed by atoms with E-state index in [0.29, 0.717) is 0 Å². The number of ether oxygens (including phenoxy) is 1. The molecule has 1 aromatic carbocycles. The molecule has 116 valence electrons. The Balaban J connectivity index is 1.44. The van der Waals surface area contributed by atoms with Crippen LogP contribution >= 0.6 is 15.9 Å². The number of piperidine rings is 1. The minimum atomic E-state index is 0.740. The van der Waals surface area contributed by atoms with Crippen LogP contribution in [0.5, 0.6) is 5.75 Å². The van der Waals surface area contributed by atoms with Gasteiger partial charge in [0, 0.05) is 12.6 Å². The molecule has 0 atom stereocenters. The molecule has 1 aliphatic carbocycles. The van der Waals surface area contributed by atoms with E-state index in [2.05, 4.69) is 38.3 Å². The van der Waals surface area contributed by atoms with Gasteiger partial charge >= 0.3 is 0 Å². The molecule has 0 unspecified atom stereocenters. The Morgan fingerprint density at radius 3 is 2.62 bits per heavy atom. The van der Waals surface area contributed by atoms with Crippen molar-refractivity contribution in [2.24, 2.45) is 5.92 Å². The van der Waals surface area contributed by atoms with Gasteiger partial charge in [0.05, 0.1) is 11.6 Å². The van der Waals surface area contributed by atoms with E-state index in [0.717, 1.165) is 28.7 Å². The second-order valence-electron chi connectivity index (χ2n) is 6.37. The highest BCUT2D eigenvalue weighted by molar-refractivity contribution is 9.10. The van der Waals surface area contributed by atoms with Crippen LogP contribution in [0.1, 0.15) is 31.2 Å². The molecule has 1 saturated heterocycles. The third-order valence-corrected chi connectivity index (χ3v) is 5.22. The van der Waals surface area contributed by atoms with Crippen LogP contribution in [0.4, 0.5) is 0 Å². The van der Waals surface area contributed by atoms with Crippen LogP contribution in [0.15, 0.2) is 22.7 Å². The average molecular weight is 353 g/mol. The summed E-state index contributed by atoms with van der Waals surface area (Å²) in [4.78, 5) is 2.56. The van der Waals surface area contributed by atoms with Crippen LogP contribution < -0.4 is 10.1 Å². The van der Waals surface area contributed by atoms with Gasteiger partial charge in [-0.1, -0.05) is 6.07 Å². The minimum absolute atomic E-state index is 0.740. The van der Waals surface area contributed by atoms with Gasteiger partial charge in [-0.05, 0) is 84.9 Å². The fourth-order valence-corrected chi connectivity index (χ4v) is 3.61. The van der Waals surface area contributed by atoms with Gasteiger partial charge in [0.15, 0.2) is 0 Å². The van der Waals surface area contributed by atoms with Crippen molar-refractivity contribution in [3.63, 3.8) is 0 Å². The molecule has 0 aromatic heterocycles. The maximum absolute atomic E-state index is 5.29. The van der Waals surface area contributed by atoms with Crippen molar-refractivity contribution in [1.29, 1.82) is 0 Å². The molecule has 0 spiro atoms. The monoisotopic (exact) mass is 352 g/mol. The molecule has 1 saturated carbocycles. The number of hydrogen-bond acceptors (Lipinski definition) is 3. The summed E-state index contributed by atoms with van der Waals surface area (Å²) in [7, 11) is 1.71. The predicted octanol–water partition coefficient (Wildman–Crippen LogP) is 3.42. The molecule has 0 radical (unpaired) electrons. The van der Waals surface area contributed by atoms with E-state index in [9.17, 15) is 0 Å². The molecule has 3 nitrogen and oxygen atoms in total. The molecule has 3 rings (SSSR count). The average Bonchev–Trinajstić information content (AvgIpc) is 3.31. The lowest BCUT2D eigenvalue weighted by Crippen LogP contribution is -2.42. The Bertz CT molecular complexity index is 468. The first-order valence-electron chi connectivity index (χ1n) is 8.03. The SMILES string of the molecule is COc1ccc(CN2CCC(NCC3CC3)CC2)cc1Br. The van der Waals surface area contributed by atoms with Crippen molar-refractivity contribution in [1.82, 2.24) is 10.2 Å². The van der Waals surface area contributed by atoms with Crippen LogP contribution in [0.25, 0.3) is 0 Å². The summed E-state index contributed by atoms with van der Waals surface area (Å²) in [5.41, 5.74) is 1.35. The summed E-state index contributed by atoms with van der Waals surface area (Å²) >= 11 is 3.57. The van der Waals surface area contributed by atoms with Crippen molar-refractivity contribution in [3.05, 3.63) is 28.2 Å². The van der Waals surface area contributed by atoms with Gasteiger partial charge in [-0.2, -0.15) is 0 Å². The lowest BCUT2D eigenvalue weighted by Gasteiger charge is -2.32. The summed E-state index contributed by atoms with van der Waals surface area (Å²) in [6, 6.07) is 7.13. The van der Waals surface area contributed by atoms with Crippen molar-refractivity contribution in [2.75, 3.05) is 26.7 Å². The Kier molecular flexibility index (Phi) is 5.19. The summed E-state index contributed by atoms with van der Waals surface area (Å²) in [5, 5.41) is 3.74. The number of halogens is 1. The van der Waals surface area contributed by atoms with Crippen molar-refractivity contribution < 1.29 is 4.74 Å². The number of benzene rings is 1. The molecule has 1 N–H and O–H groups in total. The highest BCUT2D eigenvalue weighted by atomic mass is 79.9. The quantitative estimate of drug-likeness (QED) is 0.848. The van der Waals surface area contributed by atoms with Gasteiger partial charge in [0.25, 0.3) is 0 Å². The van der Waals surface area contributed by atoms with Crippen LogP contribution in [0.3, 0.4) is 0 Å². The Morgan fingerprint density at radius 1 is 1.24 bits per heavy atom. The third-order valence-electron chi connectivity index (χ3n) is 4.60. The van der Waals surface area contributed by atoms with Crippen molar-refractivity contribution in [2.45, 2.75) is 38.3 Å². The Labute approximate surface area is 136 Å². The van der Waals surface area contributed by atoms with Gasteiger partial charge < -0.3 is 10.1 Å². The van der Waals surface area contributed by atoms with E-state index in [1.54, 1.807) is 7.11 Å². The Morgan fingerprint density at radius 2 is 2.00 bits per heavy atom. The topological polar surface area (TPSA) is 24.5 Å². The van der Waals surface area contributed by atoms with E-state index in [1.807, 2.05) is 6.07 Å². The molecular formula is C17H25BrN2O. The first kappa shape index (κ1) is 15.3. The van der Waals surface area contributed by atoms with Crippen LogP contribution in [-0.4, -0.2) is 37.7 Å². The highest BCUT2D eigenvalue weighted by Crippen LogP contribution is 2.28. The smallest absolute Gasteiger partial charge is 0.133 e. The number of nitrogens with one attached hydrogen (secondary N) is 1. The normalized spacial score (nSPS) is 20.7. The number of hydrogen-bond donors (Lipinski definition) is 1. The second kappa shape index (κ2) is 7.12. The predicted molar refractivity (Wildman–Crippen MR) is 89.7 cm³/mol. The van der Waals surface area contributed by atoms with E-state index in [1.165, 1.54) is 50.9 Å². The van der Waals surface area contributed by atoms with Gasteiger partial charge in [0.1, 0.15) is 5.75 Å². The summed E-state index contributed by atoms with van der Waals surface area (Å²) in [6.45, 7) is 4.69. The fraction of sp³-hybridized carbons (Fsp3) is 0.647. The lowest BCUT2D eigenvalue weighted by molar-refractivity contribution is 0.190. The van der Waals surface area contributed by atoms with E-state index in [-0.39, 0.29) is 0 Å². The molecular weight excluding hydrogens is 328 g/mol.